The zero-order chi connectivity index (χ0) is 50.7. The molecule has 0 fully saturated rings. The molecule has 0 aromatic carbocycles. The fourth-order valence-corrected chi connectivity index (χ4v) is 9.16. The molecular weight excluding hydrogens is 865 g/mol. The molecule has 0 heterocycles. The lowest BCUT2D eigenvalue weighted by Crippen LogP contribution is -2.30. The van der Waals surface area contributed by atoms with Crippen molar-refractivity contribution in [2.24, 2.45) is 0 Å². The molecule has 70 heavy (non-hydrogen) atoms. The molecule has 0 aromatic heterocycles. The standard InChI is InChI=1S/C64H118O6/c1-4-7-10-13-16-19-22-25-27-28-29-30-31-32-33-34-35-36-37-38-40-42-45-48-51-54-57-63(66)69-60-61(59-68-62(65)56-53-50-47-44-41-24-21-18-15-12-9-6-3)70-64(67)58-55-52-49-46-43-39-26-23-20-17-14-11-8-5-2/h14,17-18,21,23,26,61H,4-13,15-16,19-20,22,24-25,27-60H2,1-3H3/b17-14-,21-18-,26-23-. The van der Waals surface area contributed by atoms with Crippen LogP contribution in [0, 0.1) is 0 Å². The lowest BCUT2D eigenvalue weighted by molar-refractivity contribution is -0.167. The Balaban J connectivity index is 4.18. The zero-order valence-electron chi connectivity index (χ0n) is 47.1. The molecule has 0 spiro atoms. The van der Waals surface area contributed by atoms with Gasteiger partial charge in [-0.3, -0.25) is 14.4 Å². The van der Waals surface area contributed by atoms with Crippen molar-refractivity contribution in [2.75, 3.05) is 13.2 Å². The molecule has 6 heteroatoms. The van der Waals surface area contributed by atoms with Gasteiger partial charge in [-0.1, -0.05) is 282 Å². The van der Waals surface area contributed by atoms with Crippen LogP contribution < -0.4 is 0 Å². The summed E-state index contributed by atoms with van der Waals surface area (Å²) in [5.74, 6) is -0.883. The number of carbonyl (C=O) groups excluding carboxylic acids is 3. The minimum absolute atomic E-state index is 0.0770. The van der Waals surface area contributed by atoms with Gasteiger partial charge in [-0.05, 0) is 70.6 Å². The van der Waals surface area contributed by atoms with Crippen LogP contribution in [0.25, 0.3) is 0 Å². The summed E-state index contributed by atoms with van der Waals surface area (Å²) in [4.78, 5) is 38.1. The van der Waals surface area contributed by atoms with Gasteiger partial charge in [0.15, 0.2) is 6.10 Å². The lowest BCUT2D eigenvalue weighted by Gasteiger charge is -2.18. The molecule has 0 rings (SSSR count). The van der Waals surface area contributed by atoms with Crippen molar-refractivity contribution in [1.82, 2.24) is 0 Å². The lowest BCUT2D eigenvalue weighted by atomic mass is 10.0. The fraction of sp³-hybridized carbons (Fsp3) is 0.859. The predicted octanol–water partition coefficient (Wildman–Crippen LogP) is 20.8. The fourth-order valence-electron chi connectivity index (χ4n) is 9.16. The summed E-state index contributed by atoms with van der Waals surface area (Å²) >= 11 is 0. The van der Waals surface area contributed by atoms with E-state index in [9.17, 15) is 14.4 Å². The summed E-state index contributed by atoms with van der Waals surface area (Å²) in [6.45, 7) is 6.60. The summed E-state index contributed by atoms with van der Waals surface area (Å²) < 4.78 is 16.9. The van der Waals surface area contributed by atoms with Crippen molar-refractivity contribution < 1.29 is 28.6 Å². The Hall–Kier alpha value is -2.37. The van der Waals surface area contributed by atoms with Crippen molar-refractivity contribution in [3.05, 3.63) is 36.5 Å². The predicted molar refractivity (Wildman–Crippen MR) is 302 cm³/mol. The van der Waals surface area contributed by atoms with Gasteiger partial charge in [0, 0.05) is 19.3 Å². The van der Waals surface area contributed by atoms with Crippen LogP contribution in [0.3, 0.4) is 0 Å². The van der Waals surface area contributed by atoms with Crippen molar-refractivity contribution in [1.29, 1.82) is 0 Å². The van der Waals surface area contributed by atoms with Crippen molar-refractivity contribution >= 4 is 17.9 Å². The maximum atomic E-state index is 12.8. The number of rotatable bonds is 57. The Labute approximate surface area is 435 Å². The van der Waals surface area contributed by atoms with Crippen LogP contribution in [-0.2, 0) is 28.6 Å². The monoisotopic (exact) mass is 983 g/mol. The Kier molecular flexibility index (Phi) is 57.2. The normalized spacial score (nSPS) is 12.2. The Morgan fingerprint density at radius 1 is 0.286 bits per heavy atom. The van der Waals surface area contributed by atoms with Crippen LogP contribution in [0.1, 0.15) is 335 Å². The molecule has 1 unspecified atom stereocenters. The average Bonchev–Trinajstić information content (AvgIpc) is 3.36. The molecule has 0 aliphatic carbocycles. The first-order valence-corrected chi connectivity index (χ1v) is 31.0. The summed E-state index contributed by atoms with van der Waals surface area (Å²) in [6, 6.07) is 0. The van der Waals surface area contributed by atoms with Crippen molar-refractivity contribution in [2.45, 2.75) is 341 Å². The molecule has 1 atom stereocenters. The average molecular weight is 984 g/mol. The van der Waals surface area contributed by atoms with E-state index in [2.05, 4.69) is 57.2 Å². The highest BCUT2D eigenvalue weighted by atomic mass is 16.6. The van der Waals surface area contributed by atoms with Crippen LogP contribution in [0.15, 0.2) is 36.5 Å². The summed E-state index contributed by atoms with van der Waals surface area (Å²) in [5.41, 5.74) is 0. The number of carbonyl (C=O) groups is 3. The highest BCUT2D eigenvalue weighted by molar-refractivity contribution is 5.71. The molecule has 410 valence electrons. The van der Waals surface area contributed by atoms with E-state index in [1.807, 2.05) is 0 Å². The highest BCUT2D eigenvalue weighted by Gasteiger charge is 2.19. The quantitative estimate of drug-likeness (QED) is 0.0261. The third kappa shape index (κ3) is 56.5. The molecule has 0 N–H and O–H groups in total. The van der Waals surface area contributed by atoms with E-state index in [4.69, 9.17) is 14.2 Å². The molecular formula is C64H118O6. The van der Waals surface area contributed by atoms with Crippen LogP contribution in [-0.4, -0.2) is 37.2 Å². The van der Waals surface area contributed by atoms with Gasteiger partial charge in [-0.25, -0.2) is 0 Å². The van der Waals surface area contributed by atoms with Gasteiger partial charge in [0.2, 0.25) is 0 Å². The number of allylic oxidation sites excluding steroid dienone is 6. The van der Waals surface area contributed by atoms with Gasteiger partial charge in [-0.15, -0.1) is 0 Å². The van der Waals surface area contributed by atoms with Gasteiger partial charge in [0.1, 0.15) is 13.2 Å². The molecule has 0 radical (unpaired) electrons. The number of ether oxygens (including phenoxy) is 3. The number of hydrogen-bond acceptors (Lipinski definition) is 6. The number of esters is 3. The van der Waals surface area contributed by atoms with Crippen molar-refractivity contribution in [3.63, 3.8) is 0 Å². The second-order valence-corrected chi connectivity index (χ2v) is 21.0. The second-order valence-electron chi connectivity index (χ2n) is 21.0. The second kappa shape index (κ2) is 59.2. The van der Waals surface area contributed by atoms with Crippen LogP contribution in [0.2, 0.25) is 0 Å². The van der Waals surface area contributed by atoms with E-state index in [-0.39, 0.29) is 31.1 Å². The molecule has 0 amide bonds. The van der Waals surface area contributed by atoms with E-state index in [1.165, 1.54) is 205 Å². The smallest absolute Gasteiger partial charge is 0.306 e. The molecule has 0 saturated heterocycles. The Bertz CT molecular complexity index is 1170. The maximum Gasteiger partial charge on any atom is 0.306 e. The molecule has 0 aliphatic rings. The Morgan fingerprint density at radius 2 is 0.529 bits per heavy atom. The highest BCUT2D eigenvalue weighted by Crippen LogP contribution is 2.17. The van der Waals surface area contributed by atoms with E-state index >= 15 is 0 Å². The first kappa shape index (κ1) is 67.6. The first-order valence-electron chi connectivity index (χ1n) is 31.0. The largest absolute Gasteiger partial charge is 0.462 e. The molecule has 6 nitrogen and oxygen atoms in total. The van der Waals surface area contributed by atoms with Crippen LogP contribution in [0.4, 0.5) is 0 Å². The summed E-state index contributed by atoms with van der Waals surface area (Å²) in [6.07, 6.45) is 71.6. The van der Waals surface area contributed by atoms with Crippen molar-refractivity contribution in [3.8, 4) is 0 Å². The third-order valence-corrected chi connectivity index (χ3v) is 13.9. The van der Waals surface area contributed by atoms with Crippen LogP contribution >= 0.6 is 0 Å². The molecule has 0 saturated carbocycles. The summed E-state index contributed by atoms with van der Waals surface area (Å²) in [5, 5.41) is 0. The first-order chi connectivity index (χ1) is 34.5. The van der Waals surface area contributed by atoms with E-state index < -0.39 is 6.10 Å². The van der Waals surface area contributed by atoms with E-state index in [0.717, 1.165) is 89.9 Å². The Morgan fingerprint density at radius 3 is 0.871 bits per heavy atom. The molecule has 0 aliphatic heterocycles. The summed E-state index contributed by atoms with van der Waals surface area (Å²) in [7, 11) is 0. The maximum absolute atomic E-state index is 12.8. The number of unbranched alkanes of at least 4 members (excludes halogenated alkanes) is 40. The van der Waals surface area contributed by atoms with Gasteiger partial charge in [0.05, 0.1) is 0 Å². The van der Waals surface area contributed by atoms with Crippen LogP contribution in [0.5, 0.6) is 0 Å². The minimum Gasteiger partial charge on any atom is -0.462 e. The molecule has 0 bridgehead atoms. The van der Waals surface area contributed by atoms with Gasteiger partial charge in [0.25, 0.3) is 0 Å². The zero-order valence-corrected chi connectivity index (χ0v) is 47.1. The molecule has 0 aromatic rings. The van der Waals surface area contributed by atoms with Gasteiger partial charge >= 0.3 is 17.9 Å². The van der Waals surface area contributed by atoms with Gasteiger partial charge in [-0.2, -0.15) is 0 Å². The SMILES string of the molecule is CCCC/C=C\C/C=C\CCCCCCCC(=O)OC(COC(=O)CCCCCCC/C=C\CCCCC)COC(=O)CCCCCCCCCCCCCCCCCCCCCCCCCCCC. The topological polar surface area (TPSA) is 78.9 Å². The van der Waals surface area contributed by atoms with E-state index in [0.29, 0.717) is 19.3 Å². The van der Waals surface area contributed by atoms with Gasteiger partial charge < -0.3 is 14.2 Å². The minimum atomic E-state index is -0.780. The third-order valence-electron chi connectivity index (χ3n) is 13.9. The number of hydrogen-bond donors (Lipinski definition) is 0. The van der Waals surface area contributed by atoms with E-state index in [1.54, 1.807) is 0 Å².